The molecule has 0 aliphatic rings. The lowest BCUT2D eigenvalue weighted by Crippen LogP contribution is -2.08. The van der Waals surface area contributed by atoms with Crippen molar-refractivity contribution < 1.29 is 14.7 Å². The molecule has 0 saturated carbocycles. The Balaban J connectivity index is 2.64. The number of nitrogens with zero attached hydrogens (tertiary/aromatic N) is 1. The molecule has 0 amide bonds. The second kappa shape index (κ2) is 3.11. The van der Waals surface area contributed by atoms with Crippen LogP contribution in [0.15, 0.2) is 17.5 Å². The Morgan fingerprint density at radius 3 is 2.91 bits per heavy atom. The maximum atomic E-state index is 10.7. The van der Waals surface area contributed by atoms with E-state index in [1.807, 2.05) is 0 Å². The number of carbonyl (C=O) groups is 1. The van der Waals surface area contributed by atoms with E-state index in [1.165, 1.54) is 6.07 Å². The fourth-order valence-corrected chi connectivity index (χ4v) is 1.10. The molecule has 0 aliphatic heterocycles. The van der Waals surface area contributed by atoms with Gasteiger partial charge in [-0.15, -0.1) is 21.5 Å². The highest BCUT2D eigenvalue weighted by Crippen LogP contribution is 2.09. The van der Waals surface area contributed by atoms with Gasteiger partial charge in [0.25, 0.3) is 0 Å². The zero-order valence-electron chi connectivity index (χ0n) is 5.22. The molecule has 0 bridgehead atoms. The number of hydrogen-bond donors (Lipinski definition) is 0. The molecule has 1 heterocycles. The standard InChI is InChI=1S/C5H3NO4S/c7-5(10-6(8)9)4-2-1-3-11-4/h1-3H. The van der Waals surface area contributed by atoms with Crippen LogP contribution in [0.3, 0.4) is 0 Å². The van der Waals surface area contributed by atoms with Crippen molar-refractivity contribution in [2.45, 2.75) is 0 Å². The predicted octanol–water partition coefficient (Wildman–Crippen LogP) is 1.10. The largest absolute Gasteiger partial charge is 0.344 e. The van der Waals surface area contributed by atoms with E-state index in [0.717, 1.165) is 11.3 Å². The van der Waals surface area contributed by atoms with E-state index < -0.39 is 11.1 Å². The number of thiophene rings is 1. The summed E-state index contributed by atoms with van der Waals surface area (Å²) < 4.78 is 0. The summed E-state index contributed by atoms with van der Waals surface area (Å²) in [5.74, 6) is -0.926. The van der Waals surface area contributed by atoms with E-state index in [4.69, 9.17) is 0 Å². The molecule has 58 valence electrons. The van der Waals surface area contributed by atoms with Crippen LogP contribution in [-0.2, 0) is 4.84 Å². The Hall–Kier alpha value is -1.43. The van der Waals surface area contributed by atoms with Gasteiger partial charge in [-0.1, -0.05) is 6.07 Å². The Labute approximate surface area is 65.3 Å². The predicted molar refractivity (Wildman–Crippen MR) is 36.7 cm³/mol. The number of hydrogen-bond acceptors (Lipinski definition) is 5. The van der Waals surface area contributed by atoms with Crippen LogP contribution in [0, 0.1) is 10.1 Å². The summed E-state index contributed by atoms with van der Waals surface area (Å²) in [5.41, 5.74) is 0. The average Bonchev–Trinajstić information content (AvgIpc) is 2.35. The Morgan fingerprint density at radius 1 is 1.73 bits per heavy atom. The van der Waals surface area contributed by atoms with Crippen LogP contribution in [0.1, 0.15) is 9.67 Å². The average molecular weight is 173 g/mol. The molecule has 1 rings (SSSR count). The summed E-state index contributed by atoms with van der Waals surface area (Å²) in [6, 6.07) is 3.07. The smallest absolute Gasteiger partial charge is 0.262 e. The second-order valence-corrected chi connectivity index (χ2v) is 2.53. The van der Waals surface area contributed by atoms with E-state index in [0.29, 0.717) is 0 Å². The monoisotopic (exact) mass is 173 g/mol. The van der Waals surface area contributed by atoms with Gasteiger partial charge in [-0.25, -0.2) is 4.84 Å². The normalized spacial score (nSPS) is 9.09. The number of rotatable bonds is 2. The van der Waals surface area contributed by atoms with Gasteiger partial charge in [-0.05, 0) is 11.4 Å². The van der Waals surface area contributed by atoms with Gasteiger partial charge in [0, 0.05) is 0 Å². The van der Waals surface area contributed by atoms with E-state index in [9.17, 15) is 14.9 Å². The van der Waals surface area contributed by atoms with Crippen molar-refractivity contribution in [1.82, 2.24) is 0 Å². The molecule has 0 spiro atoms. The van der Waals surface area contributed by atoms with Gasteiger partial charge in [-0.3, -0.25) is 4.79 Å². The first-order valence-electron chi connectivity index (χ1n) is 2.60. The van der Waals surface area contributed by atoms with Crippen molar-refractivity contribution in [2.75, 3.05) is 0 Å². The molecular weight excluding hydrogens is 170 g/mol. The summed E-state index contributed by atoms with van der Waals surface area (Å²) >= 11 is 1.09. The second-order valence-electron chi connectivity index (χ2n) is 1.58. The van der Waals surface area contributed by atoms with Crippen LogP contribution in [0.25, 0.3) is 0 Å². The van der Waals surface area contributed by atoms with Gasteiger partial charge in [-0.2, -0.15) is 0 Å². The zero-order chi connectivity index (χ0) is 8.27. The van der Waals surface area contributed by atoms with Crippen molar-refractivity contribution in [3.8, 4) is 0 Å². The molecule has 0 aromatic carbocycles. The minimum Gasteiger partial charge on any atom is -0.262 e. The summed E-state index contributed by atoms with van der Waals surface area (Å²) in [6.07, 6.45) is 0. The maximum Gasteiger partial charge on any atom is 0.344 e. The molecule has 11 heavy (non-hydrogen) atoms. The third-order valence-electron chi connectivity index (χ3n) is 0.880. The lowest BCUT2D eigenvalue weighted by molar-refractivity contribution is -0.727. The zero-order valence-corrected chi connectivity index (χ0v) is 6.04. The SMILES string of the molecule is O=C(O[N+](=O)[O-])c1cccs1. The molecule has 0 atom stereocenters. The van der Waals surface area contributed by atoms with Gasteiger partial charge in [0.05, 0.1) is 4.88 Å². The van der Waals surface area contributed by atoms with Crippen molar-refractivity contribution in [2.24, 2.45) is 0 Å². The molecule has 0 radical (unpaired) electrons. The Bertz CT molecular complexity index is 268. The molecule has 0 unspecified atom stereocenters. The molecule has 0 saturated heterocycles. The Morgan fingerprint density at radius 2 is 2.45 bits per heavy atom. The first-order valence-corrected chi connectivity index (χ1v) is 3.48. The van der Waals surface area contributed by atoms with E-state index in [1.54, 1.807) is 11.4 Å². The van der Waals surface area contributed by atoms with Crippen molar-refractivity contribution >= 4 is 17.3 Å². The van der Waals surface area contributed by atoms with Crippen LogP contribution in [0.5, 0.6) is 0 Å². The fourth-order valence-electron chi connectivity index (χ4n) is 0.507. The molecule has 0 N–H and O–H groups in total. The third-order valence-corrected chi connectivity index (χ3v) is 1.73. The first kappa shape index (κ1) is 7.67. The minimum atomic E-state index is -1.12. The van der Waals surface area contributed by atoms with E-state index >= 15 is 0 Å². The highest BCUT2D eigenvalue weighted by Gasteiger charge is 2.10. The minimum absolute atomic E-state index is 0.224. The van der Waals surface area contributed by atoms with Gasteiger partial charge in [0.2, 0.25) is 0 Å². The summed E-state index contributed by atoms with van der Waals surface area (Å²) in [4.78, 5) is 24.2. The third kappa shape index (κ3) is 2.01. The van der Waals surface area contributed by atoms with Crippen LogP contribution < -0.4 is 0 Å². The summed E-state index contributed by atoms with van der Waals surface area (Å²) in [6.45, 7) is 0. The first-order chi connectivity index (χ1) is 5.20. The van der Waals surface area contributed by atoms with Crippen LogP contribution in [0.4, 0.5) is 0 Å². The molecule has 1 aromatic heterocycles. The van der Waals surface area contributed by atoms with Crippen molar-refractivity contribution in [3.63, 3.8) is 0 Å². The van der Waals surface area contributed by atoms with Gasteiger partial charge in [0.15, 0.2) is 0 Å². The van der Waals surface area contributed by atoms with Gasteiger partial charge < -0.3 is 0 Å². The highest BCUT2D eigenvalue weighted by atomic mass is 32.1. The lowest BCUT2D eigenvalue weighted by Gasteiger charge is -1.90. The quantitative estimate of drug-likeness (QED) is 0.496. The van der Waals surface area contributed by atoms with E-state index in [-0.39, 0.29) is 4.88 Å². The Kier molecular flexibility index (Phi) is 2.17. The summed E-state index contributed by atoms with van der Waals surface area (Å²) in [7, 11) is 0. The highest BCUT2D eigenvalue weighted by molar-refractivity contribution is 7.11. The number of carbonyl (C=O) groups excluding carboxylic acids is 1. The van der Waals surface area contributed by atoms with Gasteiger partial charge in [0.1, 0.15) is 0 Å². The molecule has 1 aromatic rings. The fraction of sp³-hybridized carbons (Fsp3) is 0. The molecule has 0 aliphatic carbocycles. The van der Waals surface area contributed by atoms with Crippen LogP contribution in [0.2, 0.25) is 0 Å². The molecule has 6 heteroatoms. The lowest BCUT2D eigenvalue weighted by atomic mass is 10.5. The van der Waals surface area contributed by atoms with Crippen molar-refractivity contribution in [1.29, 1.82) is 0 Å². The summed E-state index contributed by atoms with van der Waals surface area (Å²) in [5, 5.41) is 10.2. The van der Waals surface area contributed by atoms with Gasteiger partial charge >= 0.3 is 11.1 Å². The van der Waals surface area contributed by atoms with E-state index in [2.05, 4.69) is 4.84 Å². The van der Waals surface area contributed by atoms with Crippen LogP contribution >= 0.6 is 11.3 Å². The molecule has 0 fully saturated rings. The maximum absolute atomic E-state index is 10.7. The molecular formula is C5H3NO4S. The topological polar surface area (TPSA) is 69.4 Å². The van der Waals surface area contributed by atoms with Crippen molar-refractivity contribution in [3.05, 3.63) is 32.5 Å². The van der Waals surface area contributed by atoms with Crippen LogP contribution in [-0.4, -0.2) is 11.1 Å². The molecule has 5 nitrogen and oxygen atoms in total.